The summed E-state index contributed by atoms with van der Waals surface area (Å²) in [5.74, 6) is 0. The molecule has 0 aliphatic heterocycles. The largest absolute Gasteiger partial charge is 0.168 e. The van der Waals surface area contributed by atoms with Crippen LogP contribution in [0.15, 0.2) is 158 Å². The van der Waals surface area contributed by atoms with E-state index in [1.165, 1.54) is 88.7 Å². The van der Waals surface area contributed by atoms with E-state index in [1.54, 1.807) is 0 Å². The molecule has 0 bridgehead atoms. The standard InChI is InChI=1S/2C19H13.2CH3.2ClH.Si.Zr/c2*1-2-10-16-14(6-1)8-4-12-18(16)19-13-5-9-15-7-3-11-17(15)19;;;;;;/h2*1-13H;2*1H3;2*1H;;/q4*-1;;;;. The van der Waals surface area contributed by atoms with Crippen LogP contribution in [-0.2, 0) is 23.3 Å². The zero-order valence-electron chi connectivity index (χ0n) is 24.8. The van der Waals surface area contributed by atoms with E-state index in [9.17, 15) is 0 Å². The van der Waals surface area contributed by atoms with Gasteiger partial charge >= 0.3 is 30.2 Å². The van der Waals surface area contributed by atoms with Crippen LogP contribution in [-0.4, -0.2) is 6.88 Å². The zero-order chi connectivity index (χ0) is 27.3. The van der Waals surface area contributed by atoms with Crippen molar-refractivity contribution in [2.24, 2.45) is 0 Å². The molecule has 0 N–H and O–H groups in total. The van der Waals surface area contributed by atoms with Gasteiger partial charge in [-0.1, -0.05) is 108 Å². The molecule has 8 aromatic carbocycles. The first-order chi connectivity index (χ1) is 19.9. The van der Waals surface area contributed by atoms with E-state index >= 15 is 0 Å². The van der Waals surface area contributed by atoms with E-state index in [4.69, 9.17) is 0 Å². The smallest absolute Gasteiger partial charge is 0.0114 e. The molecule has 0 heterocycles. The molecule has 0 atom stereocenters. The molecule has 220 valence electrons. The molecule has 0 fully saturated rings. The van der Waals surface area contributed by atoms with Crippen molar-refractivity contribution in [1.82, 2.24) is 0 Å². The zero-order valence-corrected chi connectivity index (χ0v) is 29.9. The van der Waals surface area contributed by atoms with Gasteiger partial charge in [0, 0.05) is 0 Å². The summed E-state index contributed by atoms with van der Waals surface area (Å²) in [5.41, 5.74) is 5.27. The Morgan fingerprint density at radius 3 is 1.09 bits per heavy atom. The molecule has 8 rings (SSSR count). The van der Waals surface area contributed by atoms with Crippen LogP contribution in [0.25, 0.3) is 65.3 Å². The Kier molecular flexibility index (Phi) is 14.5. The average molecular weight is 705 g/mol. The third-order valence-electron chi connectivity index (χ3n) is 7.52. The molecule has 2 radical (unpaired) electrons. The van der Waals surface area contributed by atoms with Crippen molar-refractivity contribution in [1.29, 1.82) is 0 Å². The van der Waals surface area contributed by atoms with E-state index in [1.807, 2.05) is 0 Å². The minimum absolute atomic E-state index is 0. The first-order valence-electron chi connectivity index (χ1n) is 13.4. The molecule has 4 heteroatoms. The van der Waals surface area contributed by atoms with E-state index in [-0.39, 0.29) is 39.7 Å². The van der Waals surface area contributed by atoms with Crippen molar-refractivity contribution in [2.45, 2.75) is 0 Å². The van der Waals surface area contributed by atoms with Crippen LogP contribution in [0, 0.1) is 14.9 Å². The first-order valence-corrected chi connectivity index (χ1v) is 17.6. The van der Waals surface area contributed by atoms with Crippen molar-refractivity contribution >= 4 is 74.8 Å². The van der Waals surface area contributed by atoms with Crippen molar-refractivity contribution in [2.75, 3.05) is 0 Å². The quantitative estimate of drug-likeness (QED) is 0.124. The molecule has 0 amide bonds. The molecule has 0 saturated heterocycles. The second-order valence-corrected chi connectivity index (χ2v) is 9.72. The Balaban J connectivity index is 0.000000268. The van der Waals surface area contributed by atoms with Gasteiger partial charge in [-0.3, -0.25) is 0 Å². The van der Waals surface area contributed by atoms with Crippen LogP contribution in [0.4, 0.5) is 0 Å². The number of benzene rings is 6. The monoisotopic (exact) mass is 702 g/mol. The summed E-state index contributed by atoms with van der Waals surface area (Å²) in [6.07, 6.45) is 0. The van der Waals surface area contributed by atoms with Crippen molar-refractivity contribution in [3.05, 3.63) is 173 Å². The Morgan fingerprint density at radius 2 is 0.682 bits per heavy atom. The number of halogens is 2. The summed E-state index contributed by atoms with van der Waals surface area (Å²) in [6, 6.07) is 56.2. The molecule has 0 aliphatic carbocycles. The van der Waals surface area contributed by atoms with Gasteiger partial charge in [0.05, 0.1) is 0 Å². The average Bonchev–Trinajstić information content (AvgIpc) is 3.72. The third kappa shape index (κ3) is 7.33. The van der Waals surface area contributed by atoms with Crippen molar-refractivity contribution in [3.8, 4) is 22.3 Å². The number of fused-ring (bicyclic) bond motifs is 4. The first kappa shape index (κ1) is 36.9. The van der Waals surface area contributed by atoms with Gasteiger partial charge in [0.15, 0.2) is 0 Å². The second-order valence-electron chi connectivity index (χ2n) is 9.72. The summed E-state index contributed by atoms with van der Waals surface area (Å²) >= 11 is 1.36. The maximum Gasteiger partial charge on any atom is -0.0114 e. The summed E-state index contributed by atoms with van der Waals surface area (Å²) in [7, 11) is 0. The minimum atomic E-state index is 0. The molecular formula is C40H34Cl2SiZr-4. The van der Waals surface area contributed by atoms with Gasteiger partial charge in [-0.15, -0.1) is 82.8 Å². The van der Waals surface area contributed by atoms with E-state index in [2.05, 4.69) is 165 Å². The predicted molar refractivity (Wildman–Crippen MR) is 198 cm³/mol. The van der Waals surface area contributed by atoms with Crippen LogP contribution in [0.3, 0.4) is 0 Å². The Hall–Kier alpha value is -3.26. The van der Waals surface area contributed by atoms with Crippen molar-refractivity contribution in [3.63, 3.8) is 0 Å². The summed E-state index contributed by atoms with van der Waals surface area (Å²) in [6.45, 7) is 3.06. The molecular weight excluding hydrogens is 671 g/mol. The van der Waals surface area contributed by atoms with Crippen LogP contribution < -0.4 is 0 Å². The second kappa shape index (κ2) is 17.3. The van der Waals surface area contributed by atoms with Gasteiger partial charge in [-0.25, -0.2) is 0 Å². The molecule has 0 aliphatic rings. The fourth-order valence-corrected chi connectivity index (χ4v) is 5.72. The molecule has 44 heavy (non-hydrogen) atoms. The van der Waals surface area contributed by atoms with Crippen LogP contribution in [0.2, 0.25) is 0 Å². The molecule has 0 aromatic heterocycles. The predicted octanol–water partition coefficient (Wildman–Crippen LogP) is 12.1. The normalized spacial score (nSPS) is 9.70. The van der Waals surface area contributed by atoms with Gasteiger partial charge in [-0.2, -0.15) is 24.3 Å². The van der Waals surface area contributed by atoms with Gasteiger partial charge in [-0.05, 0) is 32.7 Å². The number of hydrogen-bond acceptors (Lipinski definition) is 0. The van der Waals surface area contributed by atoms with Crippen molar-refractivity contribution < 1.29 is 23.3 Å². The SMILES string of the molecule is Cl.Cl.[CH3-].[CH3-].[Si]=[Zr].c1ccc2c(-c3cccc4[cH-]ccc34)cccc2c1.c1ccc2c(-c3cccc4[cH-]ccc34)cccc2c1. The van der Waals surface area contributed by atoms with Gasteiger partial charge in [0.1, 0.15) is 0 Å². The van der Waals surface area contributed by atoms with Gasteiger partial charge in [0.2, 0.25) is 0 Å². The summed E-state index contributed by atoms with van der Waals surface area (Å²) < 4.78 is 0. The van der Waals surface area contributed by atoms with Gasteiger partial charge in [0.25, 0.3) is 0 Å². The van der Waals surface area contributed by atoms with E-state index in [0.717, 1.165) is 0 Å². The topological polar surface area (TPSA) is 0 Å². The Bertz CT molecular complexity index is 1910. The van der Waals surface area contributed by atoms with Crippen LogP contribution in [0.1, 0.15) is 0 Å². The van der Waals surface area contributed by atoms with Gasteiger partial charge < -0.3 is 14.9 Å². The summed E-state index contributed by atoms with van der Waals surface area (Å²) in [5, 5.41) is 10.5. The molecule has 0 saturated carbocycles. The van der Waals surface area contributed by atoms with E-state index < -0.39 is 0 Å². The number of rotatable bonds is 2. The molecule has 0 unspecified atom stereocenters. The minimum Gasteiger partial charge on any atom is -0.168 e. The number of hydrogen-bond donors (Lipinski definition) is 0. The molecule has 0 nitrogen and oxygen atoms in total. The summed E-state index contributed by atoms with van der Waals surface area (Å²) in [4.78, 5) is 0. The maximum atomic E-state index is 3.06. The Morgan fingerprint density at radius 1 is 0.364 bits per heavy atom. The fourth-order valence-electron chi connectivity index (χ4n) is 5.72. The van der Waals surface area contributed by atoms with E-state index in [0.29, 0.717) is 0 Å². The molecule has 8 aromatic rings. The molecule has 0 spiro atoms. The Labute approximate surface area is 290 Å². The fraction of sp³-hybridized carbons (Fsp3) is 0. The van der Waals surface area contributed by atoms with Crippen LogP contribution >= 0.6 is 24.8 Å². The van der Waals surface area contributed by atoms with Crippen LogP contribution in [0.5, 0.6) is 0 Å². The maximum absolute atomic E-state index is 3.06. The third-order valence-corrected chi connectivity index (χ3v) is 7.52.